The van der Waals surface area contributed by atoms with Gasteiger partial charge in [-0.3, -0.25) is 0 Å². The van der Waals surface area contributed by atoms with Gasteiger partial charge in [-0.05, 0) is 12.1 Å². The van der Waals surface area contributed by atoms with Gasteiger partial charge in [-0.15, -0.1) is 6.58 Å². The van der Waals surface area contributed by atoms with E-state index in [1.165, 1.54) is 0 Å². The van der Waals surface area contributed by atoms with Crippen molar-refractivity contribution in [2.75, 3.05) is 14.2 Å². The molecule has 0 aromatic heterocycles. The topological polar surface area (TPSA) is 18.5 Å². The second-order valence-corrected chi connectivity index (χ2v) is 3.86. The molecule has 0 rings (SSSR count). The summed E-state index contributed by atoms with van der Waals surface area (Å²) in [5.74, 6) is 0. The summed E-state index contributed by atoms with van der Waals surface area (Å²) in [6, 6.07) is 0. The monoisotopic (exact) mass is 158 g/mol. The highest BCUT2D eigenvalue weighted by Gasteiger charge is 2.00. The molecule has 0 spiro atoms. The molecule has 58 valence electrons. The Bertz CT molecular complexity index is 108. The summed E-state index contributed by atoms with van der Waals surface area (Å²) in [6.45, 7) is 3.59. The van der Waals surface area contributed by atoms with E-state index in [0.717, 1.165) is 6.42 Å². The number of hydrogen-bond donors (Lipinski definition) is 0. The van der Waals surface area contributed by atoms with E-state index in [1.807, 2.05) is 17.9 Å². The highest BCUT2D eigenvalue weighted by molar-refractivity contribution is 6.50. The van der Waals surface area contributed by atoms with E-state index in [9.17, 15) is 0 Å². The molecule has 0 heterocycles. The van der Waals surface area contributed by atoms with Gasteiger partial charge in [0.2, 0.25) is 0 Å². The maximum atomic E-state index is 5.04. The van der Waals surface area contributed by atoms with Gasteiger partial charge in [0.15, 0.2) is 0 Å². The van der Waals surface area contributed by atoms with Crippen LogP contribution in [-0.4, -0.2) is 23.5 Å². The van der Waals surface area contributed by atoms with Crippen molar-refractivity contribution >= 4 is 9.28 Å². The van der Waals surface area contributed by atoms with Crippen LogP contribution in [0.5, 0.6) is 0 Å². The lowest BCUT2D eigenvalue weighted by Gasteiger charge is -2.03. The Morgan fingerprint density at radius 2 is 2.00 bits per heavy atom. The molecule has 2 nitrogen and oxygen atoms in total. The molecule has 3 heteroatoms. The van der Waals surface area contributed by atoms with E-state index in [2.05, 4.69) is 6.58 Å². The van der Waals surface area contributed by atoms with Gasteiger partial charge in [0.1, 0.15) is 0 Å². The average molecular weight is 158 g/mol. The van der Waals surface area contributed by atoms with E-state index in [1.54, 1.807) is 14.2 Å². The fourth-order valence-corrected chi connectivity index (χ4v) is 1.43. The minimum Gasteiger partial charge on any atom is -0.397 e. The third-order valence-electron chi connectivity index (χ3n) is 1.06. The van der Waals surface area contributed by atoms with Crippen LogP contribution in [0.25, 0.3) is 0 Å². The zero-order valence-electron chi connectivity index (χ0n) is 6.54. The summed E-state index contributed by atoms with van der Waals surface area (Å²) in [7, 11) is 1.88. The molecule has 10 heavy (non-hydrogen) atoms. The van der Waals surface area contributed by atoms with Crippen molar-refractivity contribution in [1.82, 2.24) is 0 Å². The zero-order chi connectivity index (χ0) is 7.82. The summed E-state index contributed by atoms with van der Waals surface area (Å²) in [4.78, 5) is 0. The Kier molecular flexibility index (Phi) is 6.47. The van der Waals surface area contributed by atoms with Gasteiger partial charge in [-0.25, -0.2) is 0 Å². The molecule has 0 amide bonds. The second kappa shape index (κ2) is 6.73. The van der Waals surface area contributed by atoms with E-state index >= 15 is 0 Å². The number of allylic oxidation sites excluding steroid dienone is 2. The molecule has 0 atom stereocenters. The Morgan fingerprint density at radius 1 is 1.40 bits per heavy atom. The molecule has 0 N–H and O–H groups in total. The Labute approximate surface area is 64.0 Å². The van der Waals surface area contributed by atoms with Gasteiger partial charge in [0, 0.05) is 14.2 Å². The molecule has 0 saturated carbocycles. The lowest BCUT2D eigenvalue weighted by molar-refractivity contribution is 0.290. The summed E-state index contributed by atoms with van der Waals surface area (Å²) in [6.07, 6.45) is 4.74. The van der Waals surface area contributed by atoms with Gasteiger partial charge >= 0.3 is 9.28 Å². The van der Waals surface area contributed by atoms with Crippen LogP contribution in [0.1, 0.15) is 6.42 Å². The molecule has 0 unspecified atom stereocenters. The highest BCUT2D eigenvalue weighted by Crippen LogP contribution is 1.89. The summed E-state index contributed by atoms with van der Waals surface area (Å²) < 4.78 is 10.1. The fourth-order valence-electron chi connectivity index (χ4n) is 0.539. The van der Waals surface area contributed by atoms with Crippen molar-refractivity contribution in [3.05, 3.63) is 24.4 Å². The number of rotatable bonds is 5. The molecule has 0 fully saturated rings. The maximum absolute atomic E-state index is 5.04. The molecule has 0 bridgehead atoms. The normalized spacial score (nSPS) is 11.1. The van der Waals surface area contributed by atoms with Gasteiger partial charge in [0.05, 0.1) is 0 Å². The molecule has 0 aliphatic rings. The summed E-state index contributed by atoms with van der Waals surface area (Å²) in [5, 5.41) is 0. The SMILES string of the molecule is C=CCC=C[SiH](OC)OC. The van der Waals surface area contributed by atoms with Crippen molar-refractivity contribution in [2.45, 2.75) is 6.42 Å². The van der Waals surface area contributed by atoms with Crippen LogP contribution in [0, 0.1) is 0 Å². The molecular formula is C7H14O2Si. The minimum atomic E-state index is -1.45. The smallest absolute Gasteiger partial charge is 0.347 e. The first-order chi connectivity index (χ1) is 4.85. The quantitative estimate of drug-likeness (QED) is 0.442. The number of hydrogen-bond acceptors (Lipinski definition) is 2. The molecule has 0 aliphatic heterocycles. The van der Waals surface area contributed by atoms with Crippen molar-refractivity contribution in [1.29, 1.82) is 0 Å². The summed E-state index contributed by atoms with van der Waals surface area (Å²) >= 11 is 0. The van der Waals surface area contributed by atoms with E-state index in [-0.39, 0.29) is 0 Å². The van der Waals surface area contributed by atoms with Crippen LogP contribution in [0.3, 0.4) is 0 Å². The van der Waals surface area contributed by atoms with Gasteiger partial charge in [0.25, 0.3) is 0 Å². The Hall–Kier alpha value is -0.383. The van der Waals surface area contributed by atoms with Crippen molar-refractivity contribution in [3.8, 4) is 0 Å². The van der Waals surface area contributed by atoms with Crippen LogP contribution in [0.4, 0.5) is 0 Å². The Balaban J connectivity index is 3.49. The van der Waals surface area contributed by atoms with Crippen molar-refractivity contribution in [3.63, 3.8) is 0 Å². The maximum Gasteiger partial charge on any atom is 0.347 e. The van der Waals surface area contributed by atoms with E-state index in [0.29, 0.717) is 0 Å². The third kappa shape index (κ3) is 4.49. The second-order valence-electron chi connectivity index (χ2n) is 1.79. The van der Waals surface area contributed by atoms with Crippen LogP contribution in [-0.2, 0) is 8.85 Å². The first kappa shape index (κ1) is 9.62. The molecule has 0 radical (unpaired) electrons. The van der Waals surface area contributed by atoms with Crippen molar-refractivity contribution in [2.24, 2.45) is 0 Å². The summed E-state index contributed by atoms with van der Waals surface area (Å²) in [5.41, 5.74) is 1.99. The lowest BCUT2D eigenvalue weighted by atomic mass is 10.4. The first-order valence-corrected chi connectivity index (χ1v) is 4.79. The zero-order valence-corrected chi connectivity index (χ0v) is 7.69. The predicted octanol–water partition coefficient (Wildman–Crippen LogP) is 1.17. The fraction of sp³-hybridized carbons (Fsp3) is 0.429. The van der Waals surface area contributed by atoms with E-state index in [4.69, 9.17) is 8.85 Å². The van der Waals surface area contributed by atoms with Crippen LogP contribution in [0.15, 0.2) is 24.4 Å². The van der Waals surface area contributed by atoms with Gasteiger partial charge in [-0.1, -0.05) is 12.2 Å². The van der Waals surface area contributed by atoms with Gasteiger partial charge < -0.3 is 8.85 Å². The molecule has 0 saturated heterocycles. The molecular weight excluding hydrogens is 144 g/mol. The lowest BCUT2D eigenvalue weighted by Crippen LogP contribution is -2.15. The third-order valence-corrected chi connectivity index (χ3v) is 2.58. The van der Waals surface area contributed by atoms with Gasteiger partial charge in [-0.2, -0.15) is 0 Å². The van der Waals surface area contributed by atoms with Crippen molar-refractivity contribution < 1.29 is 8.85 Å². The largest absolute Gasteiger partial charge is 0.397 e. The first-order valence-electron chi connectivity index (χ1n) is 3.18. The van der Waals surface area contributed by atoms with Crippen LogP contribution in [0.2, 0.25) is 0 Å². The highest BCUT2D eigenvalue weighted by atomic mass is 28.3. The standard InChI is InChI=1S/C7H14O2Si/c1-4-5-6-7-10(8-2)9-3/h4,6-7,10H,1,5H2,2-3H3. The molecule has 0 aromatic carbocycles. The average Bonchev–Trinajstić information content (AvgIpc) is 1.99. The predicted molar refractivity (Wildman–Crippen MR) is 45.1 cm³/mol. The minimum absolute atomic E-state index is 0.885. The van der Waals surface area contributed by atoms with E-state index < -0.39 is 9.28 Å². The van der Waals surface area contributed by atoms with Crippen LogP contribution >= 0.6 is 0 Å². The molecule has 0 aliphatic carbocycles. The molecule has 0 aromatic rings. The van der Waals surface area contributed by atoms with Crippen LogP contribution < -0.4 is 0 Å². The Morgan fingerprint density at radius 3 is 2.40 bits per heavy atom.